The minimum Gasteiger partial charge on any atom is -0.370 e. The lowest BCUT2D eigenvalue weighted by Gasteiger charge is -2.34. The quantitative estimate of drug-likeness (QED) is 0.641. The summed E-state index contributed by atoms with van der Waals surface area (Å²) in [5.41, 5.74) is 3.68. The highest BCUT2D eigenvalue weighted by Gasteiger charge is 2.27. The molecule has 1 atom stereocenters. The molecule has 2 amide bonds. The Labute approximate surface area is 207 Å². The van der Waals surface area contributed by atoms with Crippen LogP contribution in [-0.2, 0) is 9.59 Å². The van der Waals surface area contributed by atoms with E-state index in [2.05, 4.69) is 51.6 Å². The normalized spacial score (nSPS) is 18.9. The van der Waals surface area contributed by atoms with Crippen molar-refractivity contribution >= 4 is 46.2 Å². The second kappa shape index (κ2) is 10.7. The minimum absolute atomic E-state index is 0.0353. The van der Waals surface area contributed by atoms with E-state index in [-0.39, 0.29) is 17.7 Å². The van der Waals surface area contributed by atoms with Gasteiger partial charge in [-0.1, -0.05) is 11.6 Å². The zero-order valence-corrected chi connectivity index (χ0v) is 20.9. The number of hydrogen-bond acceptors (Lipinski definition) is 5. The Kier molecular flexibility index (Phi) is 7.63. The molecule has 2 heterocycles. The molecular formula is C26H34ClN5O2. The molecule has 8 heteroatoms. The van der Waals surface area contributed by atoms with Gasteiger partial charge < -0.3 is 25.3 Å². The summed E-state index contributed by atoms with van der Waals surface area (Å²) in [5.74, 6) is -0.0997. The molecule has 34 heavy (non-hydrogen) atoms. The van der Waals surface area contributed by atoms with Crippen molar-refractivity contribution in [3.63, 3.8) is 0 Å². The number of amides is 2. The molecule has 2 saturated heterocycles. The zero-order valence-electron chi connectivity index (χ0n) is 20.2. The molecule has 2 aliphatic heterocycles. The molecule has 2 fully saturated rings. The molecule has 2 aromatic carbocycles. The van der Waals surface area contributed by atoms with Crippen LogP contribution in [0.4, 0.5) is 22.7 Å². The minimum atomic E-state index is -0.133. The fraction of sp³-hybridized carbons (Fsp3) is 0.462. The maximum Gasteiger partial charge on any atom is 0.227 e. The lowest BCUT2D eigenvalue weighted by atomic mass is 9.95. The molecule has 182 valence electrons. The van der Waals surface area contributed by atoms with Crippen molar-refractivity contribution < 1.29 is 9.59 Å². The Morgan fingerprint density at radius 2 is 1.62 bits per heavy atom. The maximum atomic E-state index is 12.9. The van der Waals surface area contributed by atoms with Gasteiger partial charge in [0.25, 0.3) is 0 Å². The molecule has 4 rings (SSSR count). The van der Waals surface area contributed by atoms with Crippen LogP contribution in [0, 0.1) is 5.92 Å². The molecule has 0 radical (unpaired) electrons. The predicted molar refractivity (Wildman–Crippen MR) is 140 cm³/mol. The van der Waals surface area contributed by atoms with Crippen LogP contribution >= 0.6 is 11.6 Å². The first-order valence-corrected chi connectivity index (χ1v) is 12.3. The van der Waals surface area contributed by atoms with Gasteiger partial charge in [0.05, 0.1) is 11.4 Å². The van der Waals surface area contributed by atoms with Gasteiger partial charge in [0.1, 0.15) is 0 Å². The van der Waals surface area contributed by atoms with E-state index in [0.717, 1.165) is 50.4 Å². The van der Waals surface area contributed by atoms with Crippen molar-refractivity contribution in [3.8, 4) is 0 Å². The summed E-state index contributed by atoms with van der Waals surface area (Å²) < 4.78 is 0. The van der Waals surface area contributed by atoms with Crippen molar-refractivity contribution in [1.82, 2.24) is 4.90 Å². The van der Waals surface area contributed by atoms with E-state index < -0.39 is 0 Å². The van der Waals surface area contributed by atoms with Crippen molar-refractivity contribution in [2.75, 3.05) is 60.7 Å². The molecule has 0 bridgehead atoms. The molecule has 1 unspecified atom stereocenters. The molecular weight excluding hydrogens is 450 g/mol. The van der Waals surface area contributed by atoms with Crippen LogP contribution in [-0.4, -0.2) is 63.0 Å². The number of nitrogens with one attached hydrogen (secondary N) is 2. The zero-order chi connectivity index (χ0) is 24.2. The maximum absolute atomic E-state index is 12.9. The van der Waals surface area contributed by atoms with Gasteiger partial charge in [0, 0.05) is 61.5 Å². The largest absolute Gasteiger partial charge is 0.370 e. The fourth-order valence-corrected chi connectivity index (χ4v) is 5.03. The summed E-state index contributed by atoms with van der Waals surface area (Å²) in [6.45, 7) is 5.07. The van der Waals surface area contributed by atoms with E-state index in [1.807, 2.05) is 24.3 Å². The monoisotopic (exact) mass is 483 g/mol. The molecule has 0 spiro atoms. The Balaban J connectivity index is 1.31. The number of anilines is 4. The van der Waals surface area contributed by atoms with Gasteiger partial charge in [-0.2, -0.15) is 0 Å². The molecule has 7 nitrogen and oxygen atoms in total. The third kappa shape index (κ3) is 5.83. The van der Waals surface area contributed by atoms with Crippen LogP contribution in [0.2, 0.25) is 5.02 Å². The Morgan fingerprint density at radius 3 is 2.24 bits per heavy atom. The molecule has 2 N–H and O–H groups in total. The van der Waals surface area contributed by atoms with Gasteiger partial charge in [-0.15, -0.1) is 0 Å². The number of benzene rings is 2. The van der Waals surface area contributed by atoms with Crippen LogP contribution in [0.15, 0.2) is 42.5 Å². The first-order valence-electron chi connectivity index (χ1n) is 11.9. The summed E-state index contributed by atoms with van der Waals surface area (Å²) >= 11 is 6.12. The van der Waals surface area contributed by atoms with Gasteiger partial charge in [0.15, 0.2) is 0 Å². The van der Waals surface area contributed by atoms with E-state index in [1.165, 1.54) is 19.0 Å². The standard InChI is InChI=1S/C26H34ClN5O2/c1-18(33)28-24-16-20(27)4-9-25(24)31-13-10-19(11-14-31)26(34)29-21-5-7-22(8-6-21)32-15-12-23(17-32)30(2)3/h4-9,16,19,23H,10-15,17H2,1-3H3,(H,28,33)(H,29,34). The highest BCUT2D eigenvalue weighted by Crippen LogP contribution is 2.33. The van der Waals surface area contributed by atoms with Crippen LogP contribution in [0.3, 0.4) is 0 Å². The summed E-state index contributed by atoms with van der Waals surface area (Å²) in [6.07, 6.45) is 2.68. The molecule has 0 aliphatic carbocycles. The number of likely N-dealkylation sites (N-methyl/N-ethyl adjacent to an activating group) is 1. The summed E-state index contributed by atoms with van der Waals surface area (Å²) in [6, 6.07) is 14.3. The Morgan fingerprint density at radius 1 is 0.941 bits per heavy atom. The van der Waals surface area contributed by atoms with Crippen LogP contribution in [0.25, 0.3) is 0 Å². The summed E-state index contributed by atoms with van der Waals surface area (Å²) in [7, 11) is 4.27. The van der Waals surface area contributed by atoms with Gasteiger partial charge in [-0.3, -0.25) is 9.59 Å². The first-order chi connectivity index (χ1) is 16.3. The van der Waals surface area contributed by atoms with Gasteiger partial charge in [-0.25, -0.2) is 0 Å². The Bertz CT molecular complexity index is 1020. The fourth-order valence-electron chi connectivity index (χ4n) is 4.85. The Hall–Kier alpha value is -2.77. The number of carbonyl (C=O) groups is 2. The van der Waals surface area contributed by atoms with Crippen molar-refractivity contribution in [1.29, 1.82) is 0 Å². The number of hydrogen-bond donors (Lipinski definition) is 2. The number of halogens is 1. The van der Waals surface area contributed by atoms with Crippen LogP contribution < -0.4 is 20.4 Å². The van der Waals surface area contributed by atoms with Gasteiger partial charge in [-0.05, 0) is 75.8 Å². The number of carbonyl (C=O) groups excluding carboxylic acids is 2. The average molecular weight is 484 g/mol. The van der Waals surface area contributed by atoms with Crippen LogP contribution in [0.5, 0.6) is 0 Å². The second-order valence-electron chi connectivity index (χ2n) is 9.49. The summed E-state index contributed by atoms with van der Waals surface area (Å²) in [5, 5.41) is 6.54. The van der Waals surface area contributed by atoms with Crippen molar-refractivity contribution in [3.05, 3.63) is 47.5 Å². The first kappa shape index (κ1) is 24.4. The second-order valence-corrected chi connectivity index (χ2v) is 9.93. The molecule has 0 aromatic heterocycles. The number of nitrogens with zero attached hydrogens (tertiary/aromatic N) is 3. The van der Waals surface area contributed by atoms with Gasteiger partial charge >= 0.3 is 0 Å². The number of piperidine rings is 1. The van der Waals surface area contributed by atoms with E-state index in [1.54, 1.807) is 6.07 Å². The molecule has 2 aromatic rings. The van der Waals surface area contributed by atoms with Crippen molar-refractivity contribution in [2.45, 2.75) is 32.2 Å². The highest BCUT2D eigenvalue weighted by molar-refractivity contribution is 6.31. The van der Waals surface area contributed by atoms with Crippen LogP contribution in [0.1, 0.15) is 26.2 Å². The number of rotatable bonds is 6. The predicted octanol–water partition coefficient (Wildman–Crippen LogP) is 4.29. The van der Waals surface area contributed by atoms with E-state index in [4.69, 9.17) is 11.6 Å². The lowest BCUT2D eigenvalue weighted by Crippen LogP contribution is -2.38. The van der Waals surface area contributed by atoms with E-state index >= 15 is 0 Å². The van der Waals surface area contributed by atoms with E-state index in [9.17, 15) is 9.59 Å². The third-order valence-electron chi connectivity index (χ3n) is 6.87. The topological polar surface area (TPSA) is 67.9 Å². The van der Waals surface area contributed by atoms with E-state index in [0.29, 0.717) is 16.8 Å². The third-order valence-corrected chi connectivity index (χ3v) is 7.10. The highest BCUT2D eigenvalue weighted by atomic mass is 35.5. The van der Waals surface area contributed by atoms with Crippen molar-refractivity contribution in [2.24, 2.45) is 5.92 Å². The average Bonchev–Trinajstić information content (AvgIpc) is 3.30. The lowest BCUT2D eigenvalue weighted by molar-refractivity contribution is -0.120. The summed E-state index contributed by atoms with van der Waals surface area (Å²) in [4.78, 5) is 31.4. The van der Waals surface area contributed by atoms with Gasteiger partial charge in [0.2, 0.25) is 11.8 Å². The molecule has 0 saturated carbocycles. The SMILES string of the molecule is CC(=O)Nc1cc(Cl)ccc1N1CCC(C(=O)Nc2ccc(N3CCC(N(C)C)C3)cc2)CC1. The smallest absolute Gasteiger partial charge is 0.227 e. The molecule has 2 aliphatic rings.